The first-order valence-electron chi connectivity index (χ1n) is 4.89. The van der Waals surface area contributed by atoms with Crippen LogP contribution < -0.4 is 10.1 Å². The van der Waals surface area contributed by atoms with Crippen LogP contribution in [0.1, 0.15) is 5.56 Å². The molecule has 0 saturated heterocycles. The second kappa shape index (κ2) is 5.17. The Labute approximate surface area is 103 Å². The van der Waals surface area contributed by atoms with Gasteiger partial charge in [-0.2, -0.15) is 0 Å². The van der Waals surface area contributed by atoms with Crippen molar-refractivity contribution in [2.24, 2.45) is 0 Å². The molecule has 0 radical (unpaired) electrons. The number of methoxy groups -OCH3 is 1. The number of phenolic OH excluding ortho intramolecular Hbond substituents is 1. The Morgan fingerprint density at radius 1 is 1.56 bits per heavy atom. The van der Waals surface area contributed by atoms with E-state index in [2.05, 4.69) is 11.9 Å². The number of ether oxygens (including phenoxy) is 1. The summed E-state index contributed by atoms with van der Waals surface area (Å²) in [6.07, 6.45) is 0. The molecule has 0 aliphatic rings. The summed E-state index contributed by atoms with van der Waals surface area (Å²) in [6, 6.07) is 2.37. The number of hydrogen-bond donors (Lipinski definition) is 2. The highest BCUT2D eigenvalue weighted by Crippen LogP contribution is 2.38. The fourth-order valence-corrected chi connectivity index (χ4v) is 1.34. The molecule has 7 nitrogen and oxygen atoms in total. The normalized spacial score (nSPS) is 9.67. The molecule has 0 bridgehead atoms. The third kappa shape index (κ3) is 2.40. The van der Waals surface area contributed by atoms with Crippen molar-refractivity contribution in [1.29, 1.82) is 0 Å². The number of amides is 1. The maximum atomic E-state index is 11.4. The highest BCUT2D eigenvalue weighted by Gasteiger charge is 2.22. The number of likely N-dealkylation sites (N-methyl/N-ethyl adjacent to an activating group) is 1. The quantitative estimate of drug-likeness (QED) is 0.474. The smallest absolute Gasteiger partial charge is 0.315 e. The van der Waals surface area contributed by atoms with Gasteiger partial charge in [0.05, 0.1) is 12.0 Å². The van der Waals surface area contributed by atoms with Gasteiger partial charge in [-0.05, 0) is 11.6 Å². The van der Waals surface area contributed by atoms with E-state index in [4.69, 9.17) is 4.74 Å². The van der Waals surface area contributed by atoms with E-state index in [9.17, 15) is 20.0 Å². The van der Waals surface area contributed by atoms with Crippen molar-refractivity contribution in [1.82, 2.24) is 5.32 Å². The number of hydrogen-bond acceptors (Lipinski definition) is 5. The van der Waals surface area contributed by atoms with Crippen LogP contribution in [0.25, 0.3) is 5.57 Å². The maximum absolute atomic E-state index is 11.4. The maximum Gasteiger partial charge on any atom is 0.315 e. The molecule has 0 atom stereocenters. The van der Waals surface area contributed by atoms with Gasteiger partial charge in [-0.1, -0.05) is 6.58 Å². The van der Waals surface area contributed by atoms with E-state index in [0.29, 0.717) is 0 Å². The molecular weight excluding hydrogens is 240 g/mol. The Morgan fingerprint density at radius 2 is 2.17 bits per heavy atom. The van der Waals surface area contributed by atoms with Gasteiger partial charge in [0.2, 0.25) is 5.75 Å². The number of nitrogens with zero attached hydrogens (tertiary/aromatic N) is 1. The van der Waals surface area contributed by atoms with Crippen molar-refractivity contribution in [2.45, 2.75) is 0 Å². The van der Waals surface area contributed by atoms with Crippen molar-refractivity contribution in [2.75, 3.05) is 14.2 Å². The van der Waals surface area contributed by atoms with Crippen LogP contribution in [0.2, 0.25) is 0 Å². The highest BCUT2D eigenvalue weighted by molar-refractivity contribution is 6.18. The van der Waals surface area contributed by atoms with E-state index in [0.717, 1.165) is 6.07 Å². The van der Waals surface area contributed by atoms with E-state index < -0.39 is 22.3 Å². The van der Waals surface area contributed by atoms with Gasteiger partial charge in [-0.15, -0.1) is 0 Å². The van der Waals surface area contributed by atoms with E-state index in [1.54, 1.807) is 0 Å². The van der Waals surface area contributed by atoms with Crippen LogP contribution in [0.3, 0.4) is 0 Å². The van der Waals surface area contributed by atoms with Gasteiger partial charge < -0.3 is 15.2 Å². The average molecular weight is 252 g/mol. The largest absolute Gasteiger partial charge is 0.500 e. The van der Waals surface area contributed by atoms with E-state index >= 15 is 0 Å². The summed E-state index contributed by atoms with van der Waals surface area (Å²) in [5.74, 6) is -1.16. The minimum atomic E-state index is -0.765. The Balaban J connectivity index is 3.39. The van der Waals surface area contributed by atoms with E-state index in [1.807, 2.05) is 0 Å². The summed E-state index contributed by atoms with van der Waals surface area (Å²) in [7, 11) is 2.67. The molecule has 0 unspecified atom stereocenters. The molecule has 1 aromatic rings. The number of phenols is 1. The van der Waals surface area contributed by atoms with Gasteiger partial charge in [0.25, 0.3) is 5.91 Å². The Hall–Kier alpha value is -2.57. The molecule has 2 N–H and O–H groups in total. The average Bonchev–Trinajstić information content (AvgIpc) is 2.36. The molecule has 1 rings (SSSR count). The van der Waals surface area contributed by atoms with Gasteiger partial charge in [-0.25, -0.2) is 0 Å². The summed E-state index contributed by atoms with van der Waals surface area (Å²) in [6.45, 7) is 3.53. The Morgan fingerprint density at radius 3 is 2.61 bits per heavy atom. The third-order valence-corrected chi connectivity index (χ3v) is 2.32. The first-order chi connectivity index (χ1) is 8.42. The lowest BCUT2D eigenvalue weighted by Crippen LogP contribution is -2.18. The topological polar surface area (TPSA) is 102 Å². The number of aromatic hydroxyl groups is 1. The number of benzene rings is 1. The molecule has 0 aliphatic carbocycles. The van der Waals surface area contributed by atoms with Crippen molar-refractivity contribution in [3.05, 3.63) is 34.4 Å². The molecule has 0 spiro atoms. The standard InChI is InChI=1S/C11H12N2O5/c1-6(11(15)12-2)7-4-8(13(16)17)10(14)9(5-7)18-3/h4-5,14H,1H2,2-3H3,(H,12,15). The van der Waals surface area contributed by atoms with Crippen LogP contribution in [-0.2, 0) is 4.79 Å². The van der Waals surface area contributed by atoms with Gasteiger partial charge in [0, 0.05) is 18.7 Å². The molecule has 18 heavy (non-hydrogen) atoms. The summed E-state index contributed by atoms with van der Waals surface area (Å²) in [5, 5.41) is 22.7. The molecule has 0 aliphatic heterocycles. The van der Waals surface area contributed by atoms with Crippen LogP contribution in [0.4, 0.5) is 5.69 Å². The lowest BCUT2D eigenvalue weighted by molar-refractivity contribution is -0.386. The Bertz CT molecular complexity index is 524. The fourth-order valence-electron chi connectivity index (χ4n) is 1.34. The number of carbonyl (C=O) groups is 1. The number of nitro groups is 1. The SMILES string of the molecule is C=C(C(=O)NC)c1cc(OC)c(O)c([N+](=O)[O-])c1. The summed E-state index contributed by atoms with van der Waals surface area (Å²) in [4.78, 5) is 21.4. The predicted molar refractivity (Wildman–Crippen MR) is 64.4 cm³/mol. The number of nitrogens with one attached hydrogen (secondary N) is 1. The van der Waals surface area contributed by atoms with E-state index in [1.165, 1.54) is 20.2 Å². The fraction of sp³-hybridized carbons (Fsp3) is 0.182. The van der Waals surface area contributed by atoms with Crippen LogP contribution in [0.5, 0.6) is 11.5 Å². The van der Waals surface area contributed by atoms with Gasteiger partial charge in [-0.3, -0.25) is 14.9 Å². The van der Waals surface area contributed by atoms with Crippen LogP contribution >= 0.6 is 0 Å². The zero-order valence-corrected chi connectivity index (χ0v) is 9.89. The first-order valence-corrected chi connectivity index (χ1v) is 4.89. The van der Waals surface area contributed by atoms with Crippen molar-refractivity contribution in [3.8, 4) is 11.5 Å². The molecule has 96 valence electrons. The van der Waals surface area contributed by atoms with Crippen LogP contribution in [-0.4, -0.2) is 30.1 Å². The van der Waals surface area contributed by atoms with Crippen molar-refractivity contribution >= 4 is 17.2 Å². The molecular formula is C11H12N2O5. The third-order valence-electron chi connectivity index (χ3n) is 2.32. The van der Waals surface area contributed by atoms with Crippen molar-refractivity contribution < 1.29 is 19.6 Å². The number of carbonyl (C=O) groups excluding carboxylic acids is 1. The predicted octanol–water partition coefficient (Wildman–Crippen LogP) is 1.07. The highest BCUT2D eigenvalue weighted by atomic mass is 16.6. The molecule has 0 heterocycles. The number of nitro benzene ring substituents is 1. The lowest BCUT2D eigenvalue weighted by atomic mass is 10.1. The number of rotatable bonds is 4. The second-order valence-corrected chi connectivity index (χ2v) is 3.36. The molecule has 1 amide bonds. The van der Waals surface area contributed by atoms with Crippen LogP contribution in [0, 0.1) is 10.1 Å². The zero-order chi connectivity index (χ0) is 13.9. The summed E-state index contributed by atoms with van der Waals surface area (Å²) in [5.41, 5.74) is -0.302. The minimum Gasteiger partial charge on any atom is -0.500 e. The monoisotopic (exact) mass is 252 g/mol. The molecule has 7 heteroatoms. The van der Waals surface area contributed by atoms with E-state index in [-0.39, 0.29) is 16.9 Å². The molecule has 0 aromatic heterocycles. The summed E-state index contributed by atoms with van der Waals surface area (Å²) >= 11 is 0. The van der Waals surface area contributed by atoms with Crippen LogP contribution in [0.15, 0.2) is 18.7 Å². The Kier molecular flexibility index (Phi) is 3.88. The lowest BCUT2D eigenvalue weighted by Gasteiger charge is -2.08. The zero-order valence-electron chi connectivity index (χ0n) is 9.89. The van der Waals surface area contributed by atoms with Gasteiger partial charge in [0.1, 0.15) is 0 Å². The summed E-state index contributed by atoms with van der Waals surface area (Å²) < 4.78 is 4.81. The minimum absolute atomic E-state index is 0.0406. The molecule has 0 fully saturated rings. The van der Waals surface area contributed by atoms with Gasteiger partial charge >= 0.3 is 5.69 Å². The van der Waals surface area contributed by atoms with Gasteiger partial charge in [0.15, 0.2) is 5.75 Å². The first kappa shape index (κ1) is 13.5. The molecule has 0 saturated carbocycles. The van der Waals surface area contributed by atoms with Crippen molar-refractivity contribution in [3.63, 3.8) is 0 Å². The second-order valence-electron chi connectivity index (χ2n) is 3.36. The molecule has 1 aromatic carbocycles.